The lowest BCUT2D eigenvalue weighted by molar-refractivity contribution is -0.148. The minimum absolute atomic E-state index is 0.0144. The van der Waals surface area contributed by atoms with Crippen LogP contribution in [0.4, 0.5) is 0 Å². The largest absolute Gasteiger partial charge is 0.497 e. The summed E-state index contributed by atoms with van der Waals surface area (Å²) in [7, 11) is 1.63. The highest BCUT2D eigenvalue weighted by molar-refractivity contribution is 5.77. The van der Waals surface area contributed by atoms with Crippen molar-refractivity contribution in [2.45, 2.75) is 32.6 Å². The second kappa shape index (κ2) is 7.43. The van der Waals surface area contributed by atoms with E-state index in [0.29, 0.717) is 19.8 Å². The van der Waals surface area contributed by atoms with Gasteiger partial charge in [-0.15, -0.1) is 0 Å². The number of methoxy groups -OCH3 is 1. The number of hydrogen-bond acceptors (Lipinski definition) is 4. The Bertz CT molecular complexity index is 477. The van der Waals surface area contributed by atoms with E-state index in [4.69, 9.17) is 14.2 Å². The quantitative estimate of drug-likeness (QED) is 0.831. The zero-order valence-corrected chi connectivity index (χ0v) is 12.9. The van der Waals surface area contributed by atoms with Crippen molar-refractivity contribution in [3.63, 3.8) is 0 Å². The Labute approximate surface area is 125 Å². The Kier molecular flexibility index (Phi) is 5.59. The van der Waals surface area contributed by atoms with Crippen LogP contribution in [0.2, 0.25) is 0 Å². The Balaban J connectivity index is 1.80. The normalized spacial score (nSPS) is 22.1. The molecule has 5 heteroatoms. The van der Waals surface area contributed by atoms with Gasteiger partial charge >= 0.3 is 0 Å². The van der Waals surface area contributed by atoms with Crippen LogP contribution in [0.25, 0.3) is 0 Å². The molecule has 0 aromatic heterocycles. The Hall–Kier alpha value is -1.59. The summed E-state index contributed by atoms with van der Waals surface area (Å²) in [5, 5.41) is 0. The van der Waals surface area contributed by atoms with E-state index in [-0.39, 0.29) is 24.7 Å². The maximum absolute atomic E-state index is 12.2. The number of carbonyl (C=O) groups excluding carboxylic acids is 1. The summed E-state index contributed by atoms with van der Waals surface area (Å²) < 4.78 is 16.2. The first-order valence-electron chi connectivity index (χ1n) is 7.22. The second-order valence-corrected chi connectivity index (χ2v) is 5.38. The van der Waals surface area contributed by atoms with Crippen LogP contribution in [-0.2, 0) is 20.9 Å². The molecular formula is C16H23NO4. The van der Waals surface area contributed by atoms with Crippen LogP contribution in [0.3, 0.4) is 0 Å². The summed E-state index contributed by atoms with van der Waals surface area (Å²) in [6.07, 6.45) is 0.0866. The van der Waals surface area contributed by atoms with Gasteiger partial charge in [0.25, 0.3) is 0 Å². The Morgan fingerprint density at radius 1 is 1.43 bits per heavy atom. The predicted molar refractivity (Wildman–Crippen MR) is 79.2 cm³/mol. The van der Waals surface area contributed by atoms with Crippen LogP contribution >= 0.6 is 0 Å². The van der Waals surface area contributed by atoms with Crippen molar-refractivity contribution in [1.82, 2.24) is 4.90 Å². The smallest absolute Gasteiger partial charge is 0.248 e. The average molecular weight is 293 g/mol. The van der Waals surface area contributed by atoms with Crippen molar-refractivity contribution >= 4 is 5.91 Å². The third-order valence-electron chi connectivity index (χ3n) is 3.56. The number of ether oxygens (including phenoxy) is 3. The van der Waals surface area contributed by atoms with Crippen molar-refractivity contribution < 1.29 is 19.0 Å². The molecule has 1 heterocycles. The van der Waals surface area contributed by atoms with Crippen molar-refractivity contribution in [2.75, 3.05) is 26.9 Å². The van der Waals surface area contributed by atoms with E-state index in [1.807, 2.05) is 43.0 Å². The van der Waals surface area contributed by atoms with Gasteiger partial charge in [-0.25, -0.2) is 0 Å². The Morgan fingerprint density at radius 2 is 2.24 bits per heavy atom. The summed E-state index contributed by atoms with van der Waals surface area (Å²) in [5.74, 6) is 0.804. The van der Waals surface area contributed by atoms with Gasteiger partial charge in [-0.2, -0.15) is 0 Å². The molecule has 1 aromatic rings. The number of nitrogens with zero attached hydrogens (tertiary/aromatic N) is 1. The Morgan fingerprint density at radius 3 is 3.00 bits per heavy atom. The molecule has 1 aliphatic heterocycles. The summed E-state index contributed by atoms with van der Waals surface area (Å²) in [4.78, 5) is 14.0. The highest BCUT2D eigenvalue weighted by Gasteiger charge is 2.27. The first-order valence-corrected chi connectivity index (χ1v) is 7.22. The number of carbonyl (C=O) groups is 1. The van der Waals surface area contributed by atoms with Gasteiger partial charge in [-0.05, 0) is 31.5 Å². The van der Waals surface area contributed by atoms with E-state index in [9.17, 15) is 4.79 Å². The molecule has 0 unspecified atom stereocenters. The van der Waals surface area contributed by atoms with Crippen LogP contribution in [0, 0.1) is 0 Å². The molecule has 1 amide bonds. The van der Waals surface area contributed by atoms with Crippen molar-refractivity contribution in [2.24, 2.45) is 0 Å². The van der Waals surface area contributed by atoms with E-state index in [1.54, 1.807) is 7.11 Å². The van der Waals surface area contributed by atoms with Gasteiger partial charge in [0, 0.05) is 6.54 Å². The molecule has 0 saturated carbocycles. The number of rotatable bonds is 5. The number of hydrogen-bond donors (Lipinski definition) is 0. The van der Waals surface area contributed by atoms with Crippen LogP contribution in [0.1, 0.15) is 19.4 Å². The van der Waals surface area contributed by atoms with E-state index < -0.39 is 0 Å². The SMILES string of the molecule is COc1cccc(COCC(=O)N2C[C@H](C)OC[C@@H]2C)c1. The monoisotopic (exact) mass is 293 g/mol. The van der Waals surface area contributed by atoms with E-state index >= 15 is 0 Å². The lowest BCUT2D eigenvalue weighted by atomic mass is 10.2. The minimum Gasteiger partial charge on any atom is -0.497 e. The lowest BCUT2D eigenvalue weighted by Crippen LogP contribution is -2.51. The third kappa shape index (κ3) is 4.44. The van der Waals surface area contributed by atoms with Gasteiger partial charge < -0.3 is 19.1 Å². The molecule has 21 heavy (non-hydrogen) atoms. The van der Waals surface area contributed by atoms with E-state index in [0.717, 1.165) is 11.3 Å². The van der Waals surface area contributed by atoms with Crippen LogP contribution in [0.15, 0.2) is 24.3 Å². The van der Waals surface area contributed by atoms with Gasteiger partial charge in [0.1, 0.15) is 12.4 Å². The molecular weight excluding hydrogens is 270 g/mol. The molecule has 0 bridgehead atoms. The van der Waals surface area contributed by atoms with Crippen LogP contribution in [-0.4, -0.2) is 49.8 Å². The highest BCUT2D eigenvalue weighted by atomic mass is 16.5. The van der Waals surface area contributed by atoms with Crippen molar-refractivity contribution in [3.05, 3.63) is 29.8 Å². The molecule has 1 fully saturated rings. The van der Waals surface area contributed by atoms with E-state index in [1.165, 1.54) is 0 Å². The molecule has 0 N–H and O–H groups in total. The maximum Gasteiger partial charge on any atom is 0.248 e. The van der Waals surface area contributed by atoms with Gasteiger partial charge in [0.15, 0.2) is 0 Å². The molecule has 116 valence electrons. The molecule has 5 nitrogen and oxygen atoms in total. The van der Waals surface area contributed by atoms with Gasteiger partial charge in [-0.3, -0.25) is 4.79 Å². The number of benzene rings is 1. The third-order valence-corrected chi connectivity index (χ3v) is 3.56. The number of morpholine rings is 1. The van der Waals surface area contributed by atoms with Gasteiger partial charge in [-0.1, -0.05) is 12.1 Å². The molecule has 2 atom stereocenters. The maximum atomic E-state index is 12.2. The van der Waals surface area contributed by atoms with Crippen molar-refractivity contribution in [1.29, 1.82) is 0 Å². The van der Waals surface area contributed by atoms with Gasteiger partial charge in [0.2, 0.25) is 5.91 Å². The van der Waals surface area contributed by atoms with Crippen LogP contribution in [0.5, 0.6) is 5.75 Å². The molecule has 0 radical (unpaired) electrons. The molecule has 0 spiro atoms. The summed E-state index contributed by atoms with van der Waals surface area (Å²) in [5.41, 5.74) is 0.991. The fourth-order valence-electron chi connectivity index (χ4n) is 2.35. The molecule has 2 rings (SSSR count). The average Bonchev–Trinajstić information content (AvgIpc) is 2.49. The summed E-state index contributed by atoms with van der Waals surface area (Å²) >= 11 is 0. The first kappa shape index (κ1) is 15.8. The highest BCUT2D eigenvalue weighted by Crippen LogP contribution is 2.14. The van der Waals surface area contributed by atoms with Crippen molar-refractivity contribution in [3.8, 4) is 5.75 Å². The first-order chi connectivity index (χ1) is 10.1. The van der Waals surface area contributed by atoms with E-state index in [2.05, 4.69) is 0 Å². The molecule has 1 saturated heterocycles. The number of amides is 1. The summed E-state index contributed by atoms with van der Waals surface area (Å²) in [6.45, 7) is 5.67. The second-order valence-electron chi connectivity index (χ2n) is 5.38. The standard InChI is InChI=1S/C16H23NO4/c1-12-9-21-13(2)8-17(12)16(18)11-20-10-14-5-4-6-15(7-14)19-3/h4-7,12-13H,8-11H2,1-3H3/t12-,13-/m0/s1. The molecule has 1 aliphatic rings. The van der Waals surface area contributed by atoms with Gasteiger partial charge in [0.05, 0.1) is 32.5 Å². The van der Waals surface area contributed by atoms with Crippen LogP contribution < -0.4 is 4.74 Å². The lowest BCUT2D eigenvalue weighted by Gasteiger charge is -2.36. The summed E-state index contributed by atoms with van der Waals surface area (Å²) in [6, 6.07) is 7.75. The fraction of sp³-hybridized carbons (Fsp3) is 0.562. The predicted octanol–water partition coefficient (Wildman–Crippen LogP) is 1.85. The fourth-order valence-corrected chi connectivity index (χ4v) is 2.35. The zero-order valence-electron chi connectivity index (χ0n) is 12.9. The minimum atomic E-state index is 0.0144. The molecule has 0 aliphatic carbocycles. The topological polar surface area (TPSA) is 48.0 Å². The molecule has 1 aromatic carbocycles. The zero-order chi connectivity index (χ0) is 15.2.